The third-order valence-corrected chi connectivity index (χ3v) is 7.22. The molecular formula is C15H19BrN2O3S. The third kappa shape index (κ3) is 2.70. The summed E-state index contributed by atoms with van der Waals surface area (Å²) in [6, 6.07) is 5.70. The van der Waals surface area contributed by atoms with Crippen LogP contribution in [-0.2, 0) is 14.8 Å². The van der Waals surface area contributed by atoms with Gasteiger partial charge in [0.2, 0.25) is 15.9 Å². The Morgan fingerprint density at radius 1 is 1.18 bits per heavy atom. The van der Waals surface area contributed by atoms with Gasteiger partial charge in [-0.1, -0.05) is 28.8 Å². The maximum absolute atomic E-state index is 13.0. The first kappa shape index (κ1) is 16.0. The molecule has 2 N–H and O–H groups in total. The summed E-state index contributed by atoms with van der Waals surface area (Å²) in [5.41, 5.74) is 5.49. The van der Waals surface area contributed by atoms with E-state index in [1.165, 1.54) is 4.31 Å². The van der Waals surface area contributed by atoms with Gasteiger partial charge in [-0.2, -0.15) is 4.31 Å². The predicted molar refractivity (Wildman–Crippen MR) is 86.5 cm³/mol. The van der Waals surface area contributed by atoms with E-state index >= 15 is 0 Å². The summed E-state index contributed by atoms with van der Waals surface area (Å²) >= 11 is 3.30. The average molecular weight is 387 g/mol. The number of nitrogens with zero attached hydrogens (tertiary/aromatic N) is 1. The molecule has 1 heterocycles. The first-order valence-corrected chi connectivity index (χ1v) is 9.73. The Morgan fingerprint density at radius 3 is 2.45 bits per heavy atom. The van der Waals surface area contributed by atoms with Crippen LogP contribution in [0.25, 0.3) is 0 Å². The van der Waals surface area contributed by atoms with Crippen LogP contribution in [0.4, 0.5) is 0 Å². The molecule has 7 heteroatoms. The summed E-state index contributed by atoms with van der Waals surface area (Å²) in [5, 5.41) is 0. The van der Waals surface area contributed by atoms with Gasteiger partial charge in [0.1, 0.15) is 6.04 Å². The summed E-state index contributed by atoms with van der Waals surface area (Å²) in [5.74, 6) is -0.299. The molecule has 0 radical (unpaired) electrons. The second-order valence-corrected chi connectivity index (χ2v) is 8.81. The maximum Gasteiger partial charge on any atom is 0.244 e. The lowest BCUT2D eigenvalue weighted by Crippen LogP contribution is -2.48. The van der Waals surface area contributed by atoms with Crippen LogP contribution in [0.15, 0.2) is 33.6 Å². The molecule has 1 amide bonds. The van der Waals surface area contributed by atoms with Crippen LogP contribution in [-0.4, -0.2) is 30.7 Å². The number of rotatable bonds is 3. The van der Waals surface area contributed by atoms with Crippen molar-refractivity contribution in [3.63, 3.8) is 0 Å². The molecule has 2 aliphatic rings. The molecule has 3 rings (SSSR count). The monoisotopic (exact) mass is 386 g/mol. The van der Waals surface area contributed by atoms with Crippen LogP contribution in [0.1, 0.15) is 32.1 Å². The van der Waals surface area contributed by atoms with Crippen LogP contribution in [0.3, 0.4) is 0 Å². The van der Waals surface area contributed by atoms with Crippen molar-refractivity contribution in [2.75, 3.05) is 0 Å². The van der Waals surface area contributed by atoms with E-state index in [0.29, 0.717) is 6.42 Å². The molecule has 0 unspecified atom stereocenters. The highest BCUT2D eigenvalue weighted by molar-refractivity contribution is 9.10. The first-order chi connectivity index (χ1) is 10.4. The van der Waals surface area contributed by atoms with Gasteiger partial charge in [-0.25, -0.2) is 8.42 Å². The Hall–Kier alpha value is -0.920. The van der Waals surface area contributed by atoms with Crippen molar-refractivity contribution in [2.45, 2.75) is 49.1 Å². The lowest BCUT2D eigenvalue weighted by Gasteiger charge is -2.32. The molecule has 5 nitrogen and oxygen atoms in total. The Kier molecular flexibility index (Phi) is 4.31. The molecule has 120 valence electrons. The predicted octanol–water partition coefficient (Wildman–Crippen LogP) is 2.26. The lowest BCUT2D eigenvalue weighted by atomic mass is 9.85. The van der Waals surface area contributed by atoms with Gasteiger partial charge in [0.15, 0.2) is 0 Å². The fourth-order valence-corrected chi connectivity index (χ4v) is 5.88. The molecule has 1 saturated carbocycles. The van der Waals surface area contributed by atoms with Gasteiger partial charge in [0, 0.05) is 10.5 Å². The van der Waals surface area contributed by atoms with Crippen molar-refractivity contribution < 1.29 is 13.2 Å². The van der Waals surface area contributed by atoms with E-state index in [4.69, 9.17) is 5.73 Å². The Bertz CT molecular complexity index is 675. The van der Waals surface area contributed by atoms with Gasteiger partial charge in [0.25, 0.3) is 0 Å². The Labute approximate surface area is 139 Å². The molecule has 0 bridgehead atoms. The highest BCUT2D eigenvalue weighted by Gasteiger charge is 2.50. The lowest BCUT2D eigenvalue weighted by molar-refractivity contribution is -0.121. The number of benzene rings is 1. The fourth-order valence-electron chi connectivity index (χ4n) is 3.74. The van der Waals surface area contributed by atoms with Crippen molar-refractivity contribution in [3.8, 4) is 0 Å². The maximum atomic E-state index is 13.0. The van der Waals surface area contributed by atoms with Crippen molar-refractivity contribution in [3.05, 3.63) is 28.7 Å². The molecule has 1 aliphatic heterocycles. The van der Waals surface area contributed by atoms with E-state index in [1.54, 1.807) is 24.3 Å². The highest BCUT2D eigenvalue weighted by Crippen LogP contribution is 2.42. The van der Waals surface area contributed by atoms with Crippen LogP contribution in [0.2, 0.25) is 0 Å². The number of sulfonamides is 1. The molecular weight excluding hydrogens is 368 g/mol. The van der Waals surface area contributed by atoms with Crippen LogP contribution < -0.4 is 5.73 Å². The first-order valence-electron chi connectivity index (χ1n) is 7.49. The SMILES string of the molecule is NC(=O)[C@@H]1C[C@@H]2CCCC[C@H]2N1S(=O)(=O)c1ccc(Br)cc1. The summed E-state index contributed by atoms with van der Waals surface area (Å²) < 4.78 is 28.2. The highest BCUT2D eigenvalue weighted by atomic mass is 79.9. The quantitative estimate of drug-likeness (QED) is 0.864. The molecule has 1 aromatic carbocycles. The van der Waals surface area contributed by atoms with Crippen molar-refractivity contribution >= 4 is 31.9 Å². The van der Waals surface area contributed by atoms with E-state index in [9.17, 15) is 13.2 Å². The second kappa shape index (κ2) is 5.94. The minimum atomic E-state index is -3.71. The largest absolute Gasteiger partial charge is 0.368 e. The number of carbonyl (C=O) groups is 1. The minimum Gasteiger partial charge on any atom is -0.368 e. The smallest absolute Gasteiger partial charge is 0.244 e. The number of fused-ring (bicyclic) bond motifs is 1. The topological polar surface area (TPSA) is 80.5 Å². The van der Waals surface area contributed by atoms with E-state index in [-0.39, 0.29) is 16.9 Å². The van der Waals surface area contributed by atoms with E-state index < -0.39 is 22.0 Å². The second-order valence-electron chi connectivity index (χ2n) is 6.05. The summed E-state index contributed by atoms with van der Waals surface area (Å²) in [6.45, 7) is 0. The van der Waals surface area contributed by atoms with E-state index in [1.807, 2.05) is 0 Å². The number of amides is 1. The molecule has 1 aliphatic carbocycles. The third-order valence-electron chi connectivity index (χ3n) is 4.75. The van der Waals surface area contributed by atoms with Gasteiger partial charge in [-0.15, -0.1) is 0 Å². The number of carbonyl (C=O) groups excluding carboxylic acids is 1. The van der Waals surface area contributed by atoms with Crippen molar-refractivity contribution in [1.29, 1.82) is 0 Å². The zero-order valence-electron chi connectivity index (χ0n) is 12.1. The molecule has 3 atom stereocenters. The summed E-state index contributed by atoms with van der Waals surface area (Å²) in [4.78, 5) is 12.0. The number of nitrogens with two attached hydrogens (primary N) is 1. The standard InChI is InChI=1S/C15H19BrN2O3S/c16-11-5-7-12(8-6-11)22(20,21)18-13-4-2-1-3-10(13)9-14(18)15(17)19/h5-8,10,13-14H,1-4,9H2,(H2,17,19)/t10-,13+,14-/m0/s1. The minimum absolute atomic E-state index is 0.0973. The number of primary amides is 1. The molecule has 1 saturated heterocycles. The average Bonchev–Trinajstić information content (AvgIpc) is 2.88. The Morgan fingerprint density at radius 2 is 1.82 bits per heavy atom. The van der Waals surface area contributed by atoms with Gasteiger partial charge >= 0.3 is 0 Å². The molecule has 22 heavy (non-hydrogen) atoms. The van der Waals surface area contributed by atoms with Gasteiger partial charge in [-0.05, 0) is 49.4 Å². The van der Waals surface area contributed by atoms with Gasteiger partial charge in [0.05, 0.1) is 4.90 Å². The zero-order chi connectivity index (χ0) is 15.9. The van der Waals surface area contributed by atoms with Gasteiger partial charge in [-0.3, -0.25) is 4.79 Å². The fraction of sp³-hybridized carbons (Fsp3) is 0.533. The summed E-state index contributed by atoms with van der Waals surface area (Å²) in [6.07, 6.45) is 4.43. The molecule has 1 aromatic rings. The normalized spacial score (nSPS) is 29.2. The molecule has 0 aromatic heterocycles. The van der Waals surface area contributed by atoms with Crippen molar-refractivity contribution in [2.24, 2.45) is 11.7 Å². The number of hydrogen-bond acceptors (Lipinski definition) is 3. The molecule has 2 fully saturated rings. The van der Waals surface area contributed by atoms with Crippen molar-refractivity contribution in [1.82, 2.24) is 4.31 Å². The van der Waals surface area contributed by atoms with Gasteiger partial charge < -0.3 is 5.73 Å². The van der Waals surface area contributed by atoms with Crippen LogP contribution in [0.5, 0.6) is 0 Å². The Balaban J connectivity index is 2.01. The number of halogens is 1. The van der Waals surface area contributed by atoms with Crippen LogP contribution in [0, 0.1) is 5.92 Å². The molecule has 0 spiro atoms. The zero-order valence-corrected chi connectivity index (χ0v) is 14.5. The van der Waals surface area contributed by atoms with E-state index in [2.05, 4.69) is 15.9 Å². The summed E-state index contributed by atoms with van der Waals surface area (Å²) in [7, 11) is -3.71. The van der Waals surface area contributed by atoms with E-state index in [0.717, 1.165) is 30.2 Å². The van der Waals surface area contributed by atoms with Crippen LogP contribution >= 0.6 is 15.9 Å². The number of hydrogen-bond donors (Lipinski definition) is 1.